The van der Waals surface area contributed by atoms with Crippen LogP contribution in [0.25, 0.3) is 0 Å². The molecule has 0 amide bonds. The van der Waals surface area contributed by atoms with Crippen LogP contribution in [0.15, 0.2) is 12.2 Å². The van der Waals surface area contributed by atoms with Gasteiger partial charge in [-0.2, -0.15) is 0 Å². The van der Waals surface area contributed by atoms with Gasteiger partial charge in [0.15, 0.2) is 0 Å². The van der Waals surface area contributed by atoms with Crippen molar-refractivity contribution in [2.24, 2.45) is 29.6 Å². The lowest BCUT2D eigenvalue weighted by atomic mass is 9.78. The molecular formula is C15H22O4. The van der Waals surface area contributed by atoms with E-state index in [-0.39, 0.29) is 41.7 Å². The third-order valence-corrected chi connectivity index (χ3v) is 5.64. The largest absolute Gasteiger partial charge is 0.461 e. The monoisotopic (exact) mass is 266 g/mol. The van der Waals surface area contributed by atoms with E-state index >= 15 is 0 Å². The second-order valence-corrected chi connectivity index (χ2v) is 6.53. The van der Waals surface area contributed by atoms with Crippen molar-refractivity contribution in [3.8, 4) is 0 Å². The van der Waals surface area contributed by atoms with Crippen molar-refractivity contribution < 1.29 is 19.7 Å². The van der Waals surface area contributed by atoms with E-state index in [1.165, 1.54) is 0 Å². The van der Waals surface area contributed by atoms with Gasteiger partial charge >= 0.3 is 5.97 Å². The molecule has 0 spiro atoms. The van der Waals surface area contributed by atoms with Gasteiger partial charge in [0.1, 0.15) is 6.10 Å². The van der Waals surface area contributed by atoms with Crippen LogP contribution in [0.2, 0.25) is 0 Å². The quantitative estimate of drug-likeness (QED) is 0.509. The summed E-state index contributed by atoms with van der Waals surface area (Å²) in [6.07, 6.45) is 0.0149. The average molecular weight is 266 g/mol. The fourth-order valence-corrected chi connectivity index (χ4v) is 4.33. The first-order chi connectivity index (χ1) is 8.91. The van der Waals surface area contributed by atoms with E-state index in [1.54, 1.807) is 0 Å². The highest BCUT2D eigenvalue weighted by Crippen LogP contribution is 2.52. The van der Waals surface area contributed by atoms with Gasteiger partial charge in [-0.3, -0.25) is 4.79 Å². The zero-order valence-electron chi connectivity index (χ0n) is 11.5. The Labute approximate surface area is 113 Å². The normalized spacial score (nSPS) is 53.5. The molecule has 2 saturated carbocycles. The maximum atomic E-state index is 11.8. The molecule has 0 bridgehead atoms. The molecule has 2 N–H and O–H groups in total. The molecule has 0 unspecified atom stereocenters. The van der Waals surface area contributed by atoms with Gasteiger partial charge in [0.25, 0.3) is 0 Å². The van der Waals surface area contributed by atoms with Gasteiger partial charge in [0.05, 0.1) is 18.1 Å². The van der Waals surface area contributed by atoms with Crippen LogP contribution >= 0.6 is 0 Å². The third kappa shape index (κ3) is 1.77. The van der Waals surface area contributed by atoms with E-state index < -0.39 is 12.2 Å². The number of aliphatic hydroxyl groups excluding tert-OH is 2. The minimum atomic E-state index is -0.586. The SMILES string of the molecule is C=C1[C@@H](O)C[C@@H]2[C@H](OC(=O)[C@@H]2C)[C@H]2[C@H](C)[C@@H](O)C[C@@H]12. The number of ether oxygens (including phenoxy) is 1. The summed E-state index contributed by atoms with van der Waals surface area (Å²) in [5.41, 5.74) is 0.811. The first kappa shape index (κ1) is 13.1. The molecule has 0 radical (unpaired) electrons. The van der Waals surface area contributed by atoms with Crippen LogP contribution in [0.3, 0.4) is 0 Å². The van der Waals surface area contributed by atoms with Gasteiger partial charge in [0.2, 0.25) is 0 Å². The fourth-order valence-electron chi connectivity index (χ4n) is 4.33. The Hall–Kier alpha value is -0.870. The number of rotatable bonds is 0. The highest BCUT2D eigenvalue weighted by Gasteiger charge is 2.56. The van der Waals surface area contributed by atoms with E-state index in [0.29, 0.717) is 12.8 Å². The lowest BCUT2D eigenvalue weighted by Crippen LogP contribution is -2.33. The number of esters is 1. The van der Waals surface area contributed by atoms with Gasteiger partial charge in [-0.25, -0.2) is 0 Å². The molecule has 8 atom stereocenters. The Morgan fingerprint density at radius 3 is 2.63 bits per heavy atom. The Balaban J connectivity index is 2.00. The van der Waals surface area contributed by atoms with Crippen molar-refractivity contribution in [3.05, 3.63) is 12.2 Å². The number of carbonyl (C=O) groups is 1. The highest BCUT2D eigenvalue weighted by molar-refractivity contribution is 5.75. The third-order valence-electron chi connectivity index (χ3n) is 5.64. The summed E-state index contributed by atoms with van der Waals surface area (Å²) in [6.45, 7) is 7.92. The number of hydrogen-bond donors (Lipinski definition) is 2. The van der Waals surface area contributed by atoms with Crippen molar-refractivity contribution >= 4 is 5.97 Å². The van der Waals surface area contributed by atoms with Crippen LogP contribution in [0, 0.1) is 29.6 Å². The zero-order valence-corrected chi connectivity index (χ0v) is 11.5. The minimum absolute atomic E-state index is 0.0435. The molecule has 0 aromatic heterocycles. The molecule has 3 rings (SSSR count). The highest BCUT2D eigenvalue weighted by atomic mass is 16.6. The second-order valence-electron chi connectivity index (χ2n) is 6.53. The second kappa shape index (κ2) is 4.32. The molecule has 1 aliphatic heterocycles. The van der Waals surface area contributed by atoms with Gasteiger partial charge in [-0.05, 0) is 30.3 Å². The van der Waals surface area contributed by atoms with E-state index in [4.69, 9.17) is 4.74 Å². The molecule has 106 valence electrons. The lowest BCUT2D eigenvalue weighted by molar-refractivity contribution is -0.146. The van der Waals surface area contributed by atoms with Crippen molar-refractivity contribution in [2.45, 2.75) is 45.0 Å². The molecule has 0 aromatic carbocycles. The number of carbonyl (C=O) groups excluding carboxylic acids is 1. The number of hydrogen-bond acceptors (Lipinski definition) is 4. The van der Waals surface area contributed by atoms with Gasteiger partial charge in [-0.15, -0.1) is 0 Å². The molecule has 2 aliphatic carbocycles. The maximum Gasteiger partial charge on any atom is 0.309 e. The molecule has 1 saturated heterocycles. The lowest BCUT2D eigenvalue weighted by Gasteiger charge is -2.29. The summed E-state index contributed by atoms with van der Waals surface area (Å²) in [7, 11) is 0. The number of aliphatic hydroxyl groups is 2. The summed E-state index contributed by atoms with van der Waals surface area (Å²) in [6, 6.07) is 0. The van der Waals surface area contributed by atoms with Crippen molar-refractivity contribution in [1.29, 1.82) is 0 Å². The molecule has 4 nitrogen and oxygen atoms in total. The molecular weight excluding hydrogens is 244 g/mol. The van der Waals surface area contributed by atoms with Crippen LogP contribution in [0.5, 0.6) is 0 Å². The van der Waals surface area contributed by atoms with Crippen molar-refractivity contribution in [2.75, 3.05) is 0 Å². The van der Waals surface area contributed by atoms with Crippen molar-refractivity contribution in [1.82, 2.24) is 0 Å². The zero-order chi connectivity index (χ0) is 13.9. The molecule has 4 heteroatoms. The maximum absolute atomic E-state index is 11.8. The summed E-state index contributed by atoms with van der Waals surface area (Å²) in [5, 5.41) is 20.4. The van der Waals surface area contributed by atoms with Gasteiger partial charge in [-0.1, -0.05) is 20.4 Å². The van der Waals surface area contributed by atoms with Crippen LogP contribution in [-0.4, -0.2) is 34.5 Å². The average Bonchev–Trinajstić information content (AvgIpc) is 2.77. The van der Waals surface area contributed by atoms with E-state index in [1.807, 2.05) is 13.8 Å². The Morgan fingerprint density at radius 2 is 1.95 bits per heavy atom. The first-order valence-electron chi connectivity index (χ1n) is 7.17. The van der Waals surface area contributed by atoms with Crippen LogP contribution < -0.4 is 0 Å². The molecule has 19 heavy (non-hydrogen) atoms. The molecule has 3 aliphatic rings. The van der Waals surface area contributed by atoms with Crippen LogP contribution in [-0.2, 0) is 9.53 Å². The summed E-state index contributed by atoms with van der Waals surface area (Å²) in [5.74, 6) is -0.0514. The smallest absolute Gasteiger partial charge is 0.309 e. The van der Waals surface area contributed by atoms with Crippen LogP contribution in [0.1, 0.15) is 26.7 Å². The molecule has 0 aromatic rings. The number of fused-ring (bicyclic) bond motifs is 3. The van der Waals surface area contributed by atoms with Gasteiger partial charge < -0.3 is 14.9 Å². The molecule has 1 heterocycles. The van der Waals surface area contributed by atoms with Crippen LogP contribution in [0.4, 0.5) is 0 Å². The minimum Gasteiger partial charge on any atom is -0.461 e. The summed E-state index contributed by atoms with van der Waals surface area (Å²) >= 11 is 0. The van der Waals surface area contributed by atoms with E-state index in [2.05, 4.69) is 6.58 Å². The first-order valence-corrected chi connectivity index (χ1v) is 7.17. The fraction of sp³-hybridized carbons (Fsp3) is 0.800. The Kier molecular flexibility index (Phi) is 2.98. The predicted molar refractivity (Wildman–Crippen MR) is 69.1 cm³/mol. The molecule has 3 fully saturated rings. The van der Waals surface area contributed by atoms with Gasteiger partial charge in [0, 0.05) is 11.8 Å². The summed E-state index contributed by atoms with van der Waals surface area (Å²) < 4.78 is 5.58. The van der Waals surface area contributed by atoms with E-state index in [0.717, 1.165) is 5.57 Å². The Bertz CT molecular complexity index is 418. The topological polar surface area (TPSA) is 66.8 Å². The predicted octanol–water partition coefficient (Wildman–Crippen LogP) is 1.12. The van der Waals surface area contributed by atoms with Crippen molar-refractivity contribution in [3.63, 3.8) is 0 Å². The Morgan fingerprint density at radius 1 is 1.26 bits per heavy atom. The van der Waals surface area contributed by atoms with E-state index in [9.17, 15) is 15.0 Å². The summed E-state index contributed by atoms with van der Waals surface area (Å²) in [4.78, 5) is 11.8. The standard InChI is InChI=1S/C15H22O4/c1-6-9-4-12(17)8(3)13(9)14-10(5-11(6)16)7(2)15(18)19-14/h7-14,16-17H,1,4-5H2,2-3H3/t7-,8-,9+,10+,11+,12+,13+,14+/m1/s1.